The molecular formula is C15H24N4O. The largest absolute Gasteiger partial charge is 0.478 e. The van der Waals surface area contributed by atoms with E-state index in [1.165, 1.54) is 25.7 Å². The molecule has 0 bridgehead atoms. The molecule has 20 heavy (non-hydrogen) atoms. The van der Waals surface area contributed by atoms with Gasteiger partial charge in [0.1, 0.15) is 0 Å². The molecule has 2 aliphatic rings. The Morgan fingerprint density at radius 2 is 2.30 bits per heavy atom. The van der Waals surface area contributed by atoms with Gasteiger partial charge >= 0.3 is 0 Å². The molecule has 1 aromatic rings. The number of anilines is 1. The van der Waals surface area contributed by atoms with Crippen LogP contribution in [0.25, 0.3) is 0 Å². The van der Waals surface area contributed by atoms with Gasteiger partial charge in [-0.05, 0) is 45.1 Å². The summed E-state index contributed by atoms with van der Waals surface area (Å²) in [7, 11) is 0. The lowest BCUT2D eigenvalue weighted by molar-refractivity contribution is 0.325. The van der Waals surface area contributed by atoms with E-state index in [9.17, 15) is 0 Å². The Bertz CT molecular complexity index is 436. The number of rotatable bonds is 6. The van der Waals surface area contributed by atoms with E-state index < -0.39 is 0 Å². The fourth-order valence-corrected chi connectivity index (χ4v) is 2.75. The van der Waals surface area contributed by atoms with Gasteiger partial charge in [0.05, 0.1) is 6.61 Å². The molecule has 1 aromatic heterocycles. The van der Waals surface area contributed by atoms with Crippen molar-refractivity contribution < 1.29 is 4.74 Å². The summed E-state index contributed by atoms with van der Waals surface area (Å²) < 4.78 is 5.46. The quantitative estimate of drug-likeness (QED) is 0.859. The highest BCUT2D eigenvalue weighted by Gasteiger charge is 2.25. The number of nitrogens with zero attached hydrogens (tertiary/aromatic N) is 3. The molecule has 1 aliphatic carbocycles. The first-order chi connectivity index (χ1) is 9.85. The second kappa shape index (κ2) is 6.39. The number of hydrogen-bond acceptors (Lipinski definition) is 5. The molecule has 1 unspecified atom stereocenters. The van der Waals surface area contributed by atoms with Crippen molar-refractivity contribution in [3.8, 4) is 5.88 Å². The van der Waals surface area contributed by atoms with Crippen molar-refractivity contribution in [2.75, 3.05) is 31.1 Å². The molecule has 110 valence electrons. The van der Waals surface area contributed by atoms with Gasteiger partial charge in [-0.1, -0.05) is 0 Å². The van der Waals surface area contributed by atoms with Crippen LogP contribution >= 0.6 is 0 Å². The van der Waals surface area contributed by atoms with Gasteiger partial charge in [-0.2, -0.15) is 4.98 Å². The van der Waals surface area contributed by atoms with E-state index in [1.807, 2.05) is 13.0 Å². The lowest BCUT2D eigenvalue weighted by Gasteiger charge is -2.33. The Morgan fingerprint density at radius 3 is 3.10 bits per heavy atom. The van der Waals surface area contributed by atoms with Crippen LogP contribution in [0.3, 0.4) is 0 Å². The van der Waals surface area contributed by atoms with Gasteiger partial charge in [0.2, 0.25) is 11.8 Å². The van der Waals surface area contributed by atoms with E-state index in [0.29, 0.717) is 18.4 Å². The molecule has 0 spiro atoms. The van der Waals surface area contributed by atoms with E-state index in [2.05, 4.69) is 20.2 Å². The molecule has 1 atom stereocenters. The molecule has 0 amide bonds. The van der Waals surface area contributed by atoms with E-state index in [1.54, 1.807) is 6.20 Å². The predicted octanol–water partition coefficient (Wildman–Crippen LogP) is 1.84. The molecule has 1 N–H and O–H groups in total. The van der Waals surface area contributed by atoms with E-state index >= 15 is 0 Å². The van der Waals surface area contributed by atoms with Crippen molar-refractivity contribution in [2.24, 2.45) is 5.92 Å². The Balaban J connectivity index is 1.58. The molecule has 5 nitrogen and oxygen atoms in total. The van der Waals surface area contributed by atoms with Gasteiger partial charge in [0, 0.05) is 31.4 Å². The molecule has 0 radical (unpaired) electrons. The van der Waals surface area contributed by atoms with E-state index in [-0.39, 0.29) is 0 Å². The summed E-state index contributed by atoms with van der Waals surface area (Å²) in [6.07, 6.45) is 7.03. The first kappa shape index (κ1) is 13.6. The summed E-state index contributed by atoms with van der Waals surface area (Å²) in [5.74, 6) is 2.20. The summed E-state index contributed by atoms with van der Waals surface area (Å²) in [6, 6.07) is 2.62. The molecule has 0 aromatic carbocycles. The Hall–Kier alpha value is -1.36. The Labute approximate surface area is 120 Å². The highest BCUT2D eigenvalue weighted by Crippen LogP contribution is 2.23. The average Bonchev–Trinajstić information content (AvgIpc) is 3.30. The second-order valence-corrected chi connectivity index (χ2v) is 5.76. The molecule has 1 saturated heterocycles. The van der Waals surface area contributed by atoms with Crippen molar-refractivity contribution in [3.63, 3.8) is 0 Å². The third kappa shape index (κ3) is 3.60. The Kier molecular flexibility index (Phi) is 4.35. The van der Waals surface area contributed by atoms with Crippen molar-refractivity contribution in [1.29, 1.82) is 0 Å². The zero-order valence-corrected chi connectivity index (χ0v) is 12.2. The maximum Gasteiger partial charge on any atom is 0.228 e. The number of aromatic nitrogens is 2. The number of nitrogens with one attached hydrogen (secondary N) is 1. The van der Waals surface area contributed by atoms with Gasteiger partial charge < -0.3 is 15.0 Å². The third-order valence-electron chi connectivity index (χ3n) is 3.98. The van der Waals surface area contributed by atoms with Gasteiger partial charge in [-0.15, -0.1) is 0 Å². The fraction of sp³-hybridized carbons (Fsp3) is 0.733. The van der Waals surface area contributed by atoms with Crippen LogP contribution in [0.1, 0.15) is 32.6 Å². The summed E-state index contributed by atoms with van der Waals surface area (Å²) in [4.78, 5) is 11.2. The fourth-order valence-electron chi connectivity index (χ4n) is 2.75. The topological polar surface area (TPSA) is 50.3 Å². The van der Waals surface area contributed by atoms with Crippen molar-refractivity contribution in [1.82, 2.24) is 15.3 Å². The van der Waals surface area contributed by atoms with Crippen LogP contribution in [0.5, 0.6) is 5.88 Å². The van der Waals surface area contributed by atoms with Crippen molar-refractivity contribution >= 4 is 5.95 Å². The monoisotopic (exact) mass is 276 g/mol. The summed E-state index contributed by atoms with van der Waals surface area (Å²) >= 11 is 0. The zero-order valence-electron chi connectivity index (χ0n) is 12.2. The minimum absolute atomic E-state index is 0.643. The maximum absolute atomic E-state index is 5.46. The number of piperidine rings is 1. The highest BCUT2D eigenvalue weighted by atomic mass is 16.5. The lowest BCUT2D eigenvalue weighted by atomic mass is 9.98. The van der Waals surface area contributed by atoms with Crippen LogP contribution in [-0.2, 0) is 0 Å². The molecule has 1 saturated carbocycles. The summed E-state index contributed by atoms with van der Waals surface area (Å²) in [6.45, 7) is 5.85. The smallest absolute Gasteiger partial charge is 0.228 e. The maximum atomic E-state index is 5.46. The third-order valence-corrected chi connectivity index (χ3v) is 3.98. The SMILES string of the molecule is CCOc1ccnc(N2CCCC(CNC3CC3)C2)n1. The first-order valence-corrected chi connectivity index (χ1v) is 7.79. The zero-order chi connectivity index (χ0) is 13.8. The second-order valence-electron chi connectivity index (χ2n) is 5.76. The van der Waals surface area contributed by atoms with Crippen molar-refractivity contribution in [2.45, 2.75) is 38.6 Å². The van der Waals surface area contributed by atoms with Crippen LogP contribution < -0.4 is 15.0 Å². The van der Waals surface area contributed by atoms with Crippen LogP contribution in [0.4, 0.5) is 5.95 Å². The molecule has 1 aliphatic heterocycles. The van der Waals surface area contributed by atoms with Crippen LogP contribution in [0.15, 0.2) is 12.3 Å². The van der Waals surface area contributed by atoms with E-state index in [4.69, 9.17) is 4.74 Å². The minimum atomic E-state index is 0.643. The molecule has 2 heterocycles. The lowest BCUT2D eigenvalue weighted by Crippen LogP contribution is -2.40. The van der Waals surface area contributed by atoms with Crippen LogP contribution in [-0.4, -0.2) is 42.3 Å². The van der Waals surface area contributed by atoms with Gasteiger partial charge in [-0.3, -0.25) is 0 Å². The molecule has 2 fully saturated rings. The number of ether oxygens (including phenoxy) is 1. The van der Waals surface area contributed by atoms with Crippen LogP contribution in [0, 0.1) is 5.92 Å². The summed E-state index contributed by atoms with van der Waals surface area (Å²) in [5.41, 5.74) is 0. The van der Waals surface area contributed by atoms with Gasteiger partial charge in [0.15, 0.2) is 0 Å². The standard InChI is InChI=1S/C15H24N4O/c1-2-20-14-7-8-16-15(18-14)19-9-3-4-12(11-19)10-17-13-5-6-13/h7-8,12-13,17H,2-6,9-11H2,1H3. The molecule has 3 rings (SSSR count). The van der Waals surface area contributed by atoms with Crippen molar-refractivity contribution in [3.05, 3.63) is 12.3 Å². The Morgan fingerprint density at radius 1 is 1.40 bits per heavy atom. The highest BCUT2D eigenvalue weighted by molar-refractivity contribution is 5.32. The summed E-state index contributed by atoms with van der Waals surface area (Å²) in [5, 5.41) is 3.64. The average molecular weight is 276 g/mol. The molecule has 5 heteroatoms. The normalized spacial score (nSPS) is 22.9. The van der Waals surface area contributed by atoms with Gasteiger partial charge in [-0.25, -0.2) is 4.98 Å². The van der Waals surface area contributed by atoms with E-state index in [0.717, 1.165) is 31.6 Å². The van der Waals surface area contributed by atoms with Crippen LogP contribution in [0.2, 0.25) is 0 Å². The number of hydrogen-bond donors (Lipinski definition) is 1. The molecular weight excluding hydrogens is 252 g/mol. The first-order valence-electron chi connectivity index (χ1n) is 7.79. The predicted molar refractivity (Wildman–Crippen MR) is 79.2 cm³/mol. The minimum Gasteiger partial charge on any atom is -0.478 e. The van der Waals surface area contributed by atoms with Gasteiger partial charge in [0.25, 0.3) is 0 Å².